The molecule has 1 aliphatic heterocycles. The second kappa shape index (κ2) is 11.0. The van der Waals surface area contributed by atoms with E-state index in [-0.39, 0.29) is 54.2 Å². The molecule has 188 valence electrons. The molecule has 1 aliphatic rings. The van der Waals surface area contributed by atoms with Gasteiger partial charge < -0.3 is 10.2 Å². The van der Waals surface area contributed by atoms with Crippen molar-refractivity contribution < 1.29 is 22.8 Å². The van der Waals surface area contributed by atoms with Gasteiger partial charge in [0.15, 0.2) is 0 Å². The van der Waals surface area contributed by atoms with Crippen LogP contribution in [0.15, 0.2) is 53.4 Å². The maximum atomic E-state index is 13.4. The predicted octanol–water partition coefficient (Wildman–Crippen LogP) is 3.25. The van der Waals surface area contributed by atoms with E-state index in [1.807, 2.05) is 52.0 Å². The first-order valence-electron chi connectivity index (χ1n) is 11.9. The van der Waals surface area contributed by atoms with E-state index >= 15 is 0 Å². The number of carbonyl (C=O) groups excluding carboxylic acids is 3. The molecule has 8 nitrogen and oxygen atoms in total. The number of amides is 3. The van der Waals surface area contributed by atoms with Crippen molar-refractivity contribution in [3.8, 4) is 0 Å². The second-order valence-corrected chi connectivity index (χ2v) is 10.8. The van der Waals surface area contributed by atoms with Gasteiger partial charge in [-0.05, 0) is 56.9 Å². The zero-order valence-corrected chi connectivity index (χ0v) is 21.5. The van der Waals surface area contributed by atoms with Crippen molar-refractivity contribution in [2.24, 2.45) is 0 Å². The number of aryl methyl sites for hydroxylation is 1. The third kappa shape index (κ3) is 5.73. The summed E-state index contributed by atoms with van der Waals surface area (Å²) in [4.78, 5) is 40.5. The number of rotatable bonds is 10. The Balaban J connectivity index is 1.76. The molecule has 0 saturated heterocycles. The standard InChI is InChI=1S/C26H33N3O5S/c1-5-22(25(31)27-18(2)3)28(17-20-12-7-6-11-19(20)4)24(30)15-10-16-29-26(32)21-13-8-9-14-23(21)35(29,33)34/h6-9,11-14,18,22H,5,10,15-17H2,1-4H3,(H,27,31). The van der Waals surface area contributed by atoms with E-state index in [0.29, 0.717) is 6.42 Å². The maximum absolute atomic E-state index is 13.4. The van der Waals surface area contributed by atoms with Gasteiger partial charge >= 0.3 is 0 Å². The molecule has 1 atom stereocenters. The second-order valence-electron chi connectivity index (χ2n) is 9.02. The van der Waals surface area contributed by atoms with Crippen LogP contribution in [0.5, 0.6) is 0 Å². The summed E-state index contributed by atoms with van der Waals surface area (Å²) < 4.78 is 26.4. The SMILES string of the molecule is CCC(C(=O)NC(C)C)N(Cc1ccccc1C)C(=O)CCCN1C(=O)c2ccccc2S1(=O)=O. The number of sulfonamides is 1. The minimum atomic E-state index is -3.92. The smallest absolute Gasteiger partial charge is 0.269 e. The number of nitrogens with zero attached hydrogens (tertiary/aromatic N) is 2. The summed E-state index contributed by atoms with van der Waals surface area (Å²) in [6.07, 6.45) is 0.599. The number of fused-ring (bicyclic) bond motifs is 1. The third-order valence-electron chi connectivity index (χ3n) is 6.08. The molecule has 2 aromatic rings. The highest BCUT2D eigenvalue weighted by Gasteiger charge is 2.40. The first-order valence-corrected chi connectivity index (χ1v) is 13.3. The highest BCUT2D eigenvalue weighted by Crippen LogP contribution is 2.30. The monoisotopic (exact) mass is 499 g/mol. The molecule has 0 fully saturated rings. The Bertz CT molecular complexity index is 1210. The first-order chi connectivity index (χ1) is 16.6. The van der Waals surface area contributed by atoms with Crippen molar-refractivity contribution in [2.45, 2.75) is 70.5 Å². The minimum Gasteiger partial charge on any atom is -0.352 e. The molecule has 0 aliphatic carbocycles. The molecule has 35 heavy (non-hydrogen) atoms. The van der Waals surface area contributed by atoms with Crippen molar-refractivity contribution in [3.05, 3.63) is 65.2 Å². The lowest BCUT2D eigenvalue weighted by molar-refractivity contribution is -0.141. The van der Waals surface area contributed by atoms with Crippen LogP contribution in [0.2, 0.25) is 0 Å². The van der Waals surface area contributed by atoms with E-state index in [1.54, 1.807) is 17.0 Å². The van der Waals surface area contributed by atoms with Crippen molar-refractivity contribution >= 4 is 27.7 Å². The van der Waals surface area contributed by atoms with Gasteiger partial charge in [0.05, 0.1) is 5.56 Å². The van der Waals surface area contributed by atoms with Crippen LogP contribution in [0.4, 0.5) is 0 Å². The van der Waals surface area contributed by atoms with Gasteiger partial charge in [0.25, 0.3) is 15.9 Å². The predicted molar refractivity (Wildman–Crippen MR) is 133 cm³/mol. The van der Waals surface area contributed by atoms with Crippen molar-refractivity contribution in [2.75, 3.05) is 6.54 Å². The van der Waals surface area contributed by atoms with Crippen LogP contribution in [0, 0.1) is 6.92 Å². The zero-order chi connectivity index (χ0) is 25.8. The topological polar surface area (TPSA) is 104 Å². The van der Waals surface area contributed by atoms with E-state index < -0.39 is 22.0 Å². The van der Waals surface area contributed by atoms with Gasteiger partial charge in [0.1, 0.15) is 10.9 Å². The lowest BCUT2D eigenvalue weighted by Gasteiger charge is -2.32. The first kappa shape index (κ1) is 26.4. The van der Waals surface area contributed by atoms with Crippen LogP contribution in [-0.2, 0) is 26.2 Å². The molecule has 0 saturated carbocycles. The fourth-order valence-electron chi connectivity index (χ4n) is 4.24. The molecule has 1 N–H and O–H groups in total. The average molecular weight is 500 g/mol. The molecule has 0 bridgehead atoms. The summed E-state index contributed by atoms with van der Waals surface area (Å²) in [5.41, 5.74) is 2.09. The highest BCUT2D eigenvalue weighted by molar-refractivity contribution is 7.90. The zero-order valence-electron chi connectivity index (χ0n) is 20.7. The minimum absolute atomic E-state index is 0.00564. The van der Waals surface area contributed by atoms with Crippen LogP contribution in [0.25, 0.3) is 0 Å². The number of hydrogen-bond acceptors (Lipinski definition) is 5. The summed E-state index contributed by atoms with van der Waals surface area (Å²) in [5, 5.41) is 2.89. The summed E-state index contributed by atoms with van der Waals surface area (Å²) in [6, 6.07) is 13.1. The summed E-state index contributed by atoms with van der Waals surface area (Å²) in [5.74, 6) is -1.06. The molecule has 0 aromatic heterocycles. The number of benzene rings is 2. The van der Waals surface area contributed by atoms with E-state index in [0.717, 1.165) is 15.4 Å². The van der Waals surface area contributed by atoms with Crippen LogP contribution in [0.1, 0.15) is 61.5 Å². The molecular formula is C26H33N3O5S. The lowest BCUT2D eigenvalue weighted by Crippen LogP contribution is -2.50. The number of nitrogens with one attached hydrogen (secondary N) is 1. The number of carbonyl (C=O) groups is 3. The van der Waals surface area contributed by atoms with Crippen molar-refractivity contribution in [3.63, 3.8) is 0 Å². The van der Waals surface area contributed by atoms with Gasteiger partial charge in [-0.15, -0.1) is 0 Å². The number of hydrogen-bond donors (Lipinski definition) is 1. The molecule has 1 heterocycles. The quantitative estimate of drug-likeness (QED) is 0.540. The van der Waals surface area contributed by atoms with Crippen LogP contribution < -0.4 is 5.32 Å². The average Bonchev–Trinajstić information content (AvgIpc) is 3.00. The van der Waals surface area contributed by atoms with E-state index in [9.17, 15) is 22.8 Å². The molecule has 0 radical (unpaired) electrons. The summed E-state index contributed by atoms with van der Waals surface area (Å²) in [7, 11) is -3.92. The van der Waals surface area contributed by atoms with Gasteiger partial charge in [0.2, 0.25) is 11.8 Å². The Morgan fingerprint density at radius 2 is 1.71 bits per heavy atom. The van der Waals surface area contributed by atoms with E-state index in [2.05, 4.69) is 5.32 Å². The van der Waals surface area contributed by atoms with Crippen LogP contribution >= 0.6 is 0 Å². The van der Waals surface area contributed by atoms with Crippen molar-refractivity contribution in [1.82, 2.24) is 14.5 Å². The van der Waals surface area contributed by atoms with E-state index in [4.69, 9.17) is 0 Å². The molecular weight excluding hydrogens is 466 g/mol. The van der Waals surface area contributed by atoms with Gasteiger partial charge in [-0.1, -0.05) is 43.3 Å². The Morgan fingerprint density at radius 1 is 1.06 bits per heavy atom. The van der Waals surface area contributed by atoms with Gasteiger partial charge in [-0.25, -0.2) is 12.7 Å². The molecule has 3 amide bonds. The molecule has 9 heteroatoms. The van der Waals surface area contributed by atoms with E-state index in [1.165, 1.54) is 12.1 Å². The lowest BCUT2D eigenvalue weighted by atomic mass is 10.0. The Kier molecular flexibility index (Phi) is 8.32. The fraction of sp³-hybridized carbons (Fsp3) is 0.423. The summed E-state index contributed by atoms with van der Waals surface area (Å²) >= 11 is 0. The van der Waals surface area contributed by atoms with Gasteiger partial charge in [0, 0.05) is 25.6 Å². The van der Waals surface area contributed by atoms with Gasteiger partial charge in [-0.2, -0.15) is 0 Å². The fourth-order valence-corrected chi connectivity index (χ4v) is 5.85. The molecule has 0 spiro atoms. The molecule has 3 rings (SSSR count). The Morgan fingerprint density at radius 3 is 2.34 bits per heavy atom. The third-order valence-corrected chi connectivity index (χ3v) is 7.92. The largest absolute Gasteiger partial charge is 0.352 e. The molecule has 1 unspecified atom stereocenters. The normalized spacial score (nSPS) is 15.1. The van der Waals surface area contributed by atoms with Crippen LogP contribution in [-0.4, -0.2) is 54.0 Å². The maximum Gasteiger partial charge on any atom is 0.269 e. The molecule has 2 aromatic carbocycles. The summed E-state index contributed by atoms with van der Waals surface area (Å²) in [6.45, 7) is 7.70. The Hall–Kier alpha value is -3.20. The highest BCUT2D eigenvalue weighted by atomic mass is 32.2. The van der Waals surface area contributed by atoms with Gasteiger partial charge in [-0.3, -0.25) is 14.4 Å². The van der Waals surface area contributed by atoms with Crippen LogP contribution in [0.3, 0.4) is 0 Å². The van der Waals surface area contributed by atoms with Crippen molar-refractivity contribution in [1.29, 1.82) is 0 Å². The Labute approximate surface area is 207 Å².